The van der Waals surface area contributed by atoms with Gasteiger partial charge in [0.2, 0.25) is 0 Å². The summed E-state index contributed by atoms with van der Waals surface area (Å²) in [5.74, 6) is 0.274. The second-order valence-electron chi connectivity index (χ2n) is 5.07. The van der Waals surface area contributed by atoms with Gasteiger partial charge >= 0.3 is 5.97 Å². The van der Waals surface area contributed by atoms with Crippen LogP contribution in [0.1, 0.15) is 37.1 Å². The zero-order valence-electron chi connectivity index (χ0n) is 11.2. The van der Waals surface area contributed by atoms with Crippen LogP contribution in [0.5, 0.6) is 0 Å². The van der Waals surface area contributed by atoms with Crippen molar-refractivity contribution in [3.63, 3.8) is 0 Å². The fourth-order valence-corrected chi connectivity index (χ4v) is 3.30. The number of carboxylic acid groups (broad SMARTS) is 1. The Morgan fingerprint density at radius 2 is 2.35 bits per heavy atom. The molecule has 3 rings (SSSR count). The molecule has 6 nitrogen and oxygen atoms in total. The van der Waals surface area contributed by atoms with Gasteiger partial charge < -0.3 is 5.11 Å². The van der Waals surface area contributed by atoms with E-state index in [-0.39, 0.29) is 12.5 Å². The van der Waals surface area contributed by atoms with Gasteiger partial charge in [-0.15, -0.1) is 16.4 Å². The van der Waals surface area contributed by atoms with Gasteiger partial charge in [0.25, 0.3) is 0 Å². The first-order valence-corrected chi connectivity index (χ1v) is 7.59. The van der Waals surface area contributed by atoms with Crippen molar-refractivity contribution in [3.05, 3.63) is 17.0 Å². The zero-order valence-corrected chi connectivity index (χ0v) is 12.0. The van der Waals surface area contributed by atoms with E-state index in [1.165, 1.54) is 4.88 Å². The molecule has 0 spiro atoms. The summed E-state index contributed by atoms with van der Waals surface area (Å²) in [4.78, 5) is 13.3. The van der Waals surface area contributed by atoms with Crippen molar-refractivity contribution in [2.75, 3.05) is 0 Å². The Kier molecular flexibility index (Phi) is 3.52. The second kappa shape index (κ2) is 5.32. The topological polar surface area (TPSA) is 80.9 Å². The standard InChI is InChI=1S/C13H16N4O2S/c1-2-9-5-6-11(20-9)13-14-15-16-17(13)10(7-12(18)19)8-3-4-8/h5-6,8,10H,2-4,7H2,1H3,(H,18,19). The monoisotopic (exact) mass is 292 g/mol. The normalized spacial score (nSPS) is 16.2. The van der Waals surface area contributed by atoms with E-state index < -0.39 is 5.97 Å². The van der Waals surface area contributed by atoms with Gasteiger partial charge in [0, 0.05) is 4.88 Å². The molecule has 0 radical (unpaired) electrons. The number of tetrazole rings is 1. The van der Waals surface area contributed by atoms with Crippen molar-refractivity contribution in [2.24, 2.45) is 5.92 Å². The summed E-state index contributed by atoms with van der Waals surface area (Å²) in [7, 11) is 0. The van der Waals surface area contributed by atoms with Crippen LogP contribution in [0.3, 0.4) is 0 Å². The van der Waals surface area contributed by atoms with Gasteiger partial charge in [-0.25, -0.2) is 4.68 Å². The number of nitrogens with zero attached hydrogens (tertiary/aromatic N) is 4. The lowest BCUT2D eigenvalue weighted by Gasteiger charge is -2.15. The van der Waals surface area contributed by atoms with Crippen molar-refractivity contribution >= 4 is 17.3 Å². The summed E-state index contributed by atoms with van der Waals surface area (Å²) < 4.78 is 1.71. The maximum atomic E-state index is 11.1. The molecule has 1 N–H and O–H groups in total. The van der Waals surface area contributed by atoms with E-state index in [1.54, 1.807) is 16.0 Å². The fourth-order valence-electron chi connectivity index (χ4n) is 2.38. The Labute approximate surface area is 120 Å². The molecule has 1 aliphatic rings. The number of rotatable bonds is 6. The molecule has 0 aromatic carbocycles. The highest BCUT2D eigenvalue weighted by Crippen LogP contribution is 2.42. The molecule has 1 saturated carbocycles. The van der Waals surface area contributed by atoms with Crippen LogP contribution in [0.25, 0.3) is 10.7 Å². The van der Waals surface area contributed by atoms with Crippen molar-refractivity contribution in [1.29, 1.82) is 0 Å². The van der Waals surface area contributed by atoms with Crippen molar-refractivity contribution in [1.82, 2.24) is 20.2 Å². The number of carboxylic acids is 1. The van der Waals surface area contributed by atoms with Crippen molar-refractivity contribution < 1.29 is 9.90 Å². The lowest BCUT2D eigenvalue weighted by Crippen LogP contribution is -2.18. The van der Waals surface area contributed by atoms with Crippen LogP contribution >= 0.6 is 11.3 Å². The van der Waals surface area contributed by atoms with Gasteiger partial charge in [0.1, 0.15) is 0 Å². The average Bonchev–Trinajstić information content (AvgIpc) is 2.97. The van der Waals surface area contributed by atoms with Crippen LogP contribution in [0.4, 0.5) is 0 Å². The van der Waals surface area contributed by atoms with E-state index >= 15 is 0 Å². The number of carbonyl (C=O) groups is 1. The van der Waals surface area contributed by atoms with E-state index in [9.17, 15) is 4.79 Å². The van der Waals surface area contributed by atoms with Crippen LogP contribution in [0, 0.1) is 5.92 Å². The van der Waals surface area contributed by atoms with Crippen molar-refractivity contribution in [3.8, 4) is 10.7 Å². The highest BCUT2D eigenvalue weighted by atomic mass is 32.1. The lowest BCUT2D eigenvalue weighted by molar-refractivity contribution is -0.138. The molecule has 2 aromatic heterocycles. The Balaban J connectivity index is 1.93. The summed E-state index contributed by atoms with van der Waals surface area (Å²) in [6, 6.07) is 3.95. The molecule has 0 amide bonds. The van der Waals surface area contributed by atoms with Crippen LogP contribution in [-0.4, -0.2) is 31.3 Å². The number of hydrogen-bond acceptors (Lipinski definition) is 5. The van der Waals surface area contributed by atoms with Crippen LogP contribution in [-0.2, 0) is 11.2 Å². The quantitative estimate of drug-likeness (QED) is 0.884. The molecule has 20 heavy (non-hydrogen) atoms. The number of hydrogen-bond donors (Lipinski definition) is 1. The predicted molar refractivity (Wildman–Crippen MR) is 74.5 cm³/mol. The highest BCUT2D eigenvalue weighted by Gasteiger charge is 2.36. The average molecular weight is 292 g/mol. The van der Waals surface area contributed by atoms with Gasteiger partial charge in [-0.1, -0.05) is 6.92 Å². The molecule has 0 saturated heterocycles. The molecule has 1 aliphatic carbocycles. The third kappa shape index (κ3) is 2.58. The van der Waals surface area contributed by atoms with Gasteiger partial charge in [-0.2, -0.15) is 0 Å². The van der Waals surface area contributed by atoms with Gasteiger partial charge in [0.05, 0.1) is 17.3 Å². The molecular formula is C13H16N4O2S. The minimum Gasteiger partial charge on any atom is -0.481 e. The van der Waals surface area contributed by atoms with Crippen LogP contribution in [0.2, 0.25) is 0 Å². The van der Waals surface area contributed by atoms with E-state index in [4.69, 9.17) is 5.11 Å². The molecule has 2 heterocycles. The summed E-state index contributed by atoms with van der Waals surface area (Å²) in [6.45, 7) is 2.11. The smallest absolute Gasteiger partial charge is 0.305 e. The molecule has 1 atom stereocenters. The van der Waals surface area contributed by atoms with Crippen LogP contribution in [0.15, 0.2) is 12.1 Å². The first-order valence-electron chi connectivity index (χ1n) is 6.77. The SMILES string of the molecule is CCc1ccc(-c2nnnn2C(CC(=O)O)C2CC2)s1. The zero-order chi connectivity index (χ0) is 14.1. The number of aryl methyl sites for hydroxylation is 1. The maximum Gasteiger partial charge on any atom is 0.305 e. The van der Waals surface area contributed by atoms with E-state index in [0.29, 0.717) is 11.7 Å². The first-order chi connectivity index (χ1) is 9.69. The molecule has 0 aliphatic heterocycles. The lowest BCUT2D eigenvalue weighted by atomic mass is 10.1. The molecule has 7 heteroatoms. The Bertz CT molecular complexity index is 617. The van der Waals surface area contributed by atoms with Gasteiger partial charge in [-0.3, -0.25) is 4.79 Å². The maximum absolute atomic E-state index is 11.1. The van der Waals surface area contributed by atoms with E-state index in [2.05, 4.69) is 28.5 Å². The third-order valence-corrected chi connectivity index (χ3v) is 4.81. The Hall–Kier alpha value is -1.76. The molecule has 0 bridgehead atoms. The summed E-state index contributed by atoms with van der Waals surface area (Å²) in [5.41, 5.74) is 0. The summed E-state index contributed by atoms with van der Waals surface area (Å²) in [6.07, 6.45) is 3.17. The number of aromatic nitrogens is 4. The molecular weight excluding hydrogens is 276 g/mol. The third-order valence-electron chi connectivity index (χ3n) is 3.59. The van der Waals surface area contributed by atoms with E-state index in [0.717, 1.165) is 24.1 Å². The first kappa shape index (κ1) is 13.2. The number of aliphatic carboxylic acids is 1. The minimum atomic E-state index is -0.802. The van der Waals surface area contributed by atoms with E-state index in [1.807, 2.05) is 6.07 Å². The summed E-state index contributed by atoms with van der Waals surface area (Å²) in [5, 5.41) is 21.0. The molecule has 1 unspecified atom stereocenters. The van der Waals surface area contributed by atoms with Crippen molar-refractivity contribution in [2.45, 2.75) is 38.6 Å². The molecule has 1 fully saturated rings. The highest BCUT2D eigenvalue weighted by molar-refractivity contribution is 7.15. The fraction of sp³-hybridized carbons (Fsp3) is 0.538. The number of thiophene rings is 1. The molecule has 106 valence electrons. The Morgan fingerprint density at radius 1 is 1.55 bits per heavy atom. The van der Waals surface area contributed by atoms with Crippen LogP contribution < -0.4 is 0 Å². The second-order valence-corrected chi connectivity index (χ2v) is 6.24. The Morgan fingerprint density at radius 3 is 2.95 bits per heavy atom. The predicted octanol–water partition coefficient (Wildman–Crippen LogP) is 2.39. The molecule has 2 aromatic rings. The summed E-state index contributed by atoms with van der Waals surface area (Å²) >= 11 is 1.66. The largest absolute Gasteiger partial charge is 0.481 e. The van der Waals surface area contributed by atoms with Gasteiger partial charge in [-0.05, 0) is 47.7 Å². The minimum absolute atomic E-state index is 0.0781. The van der Waals surface area contributed by atoms with Gasteiger partial charge in [0.15, 0.2) is 5.82 Å².